The monoisotopic (exact) mass is 187 g/mol. The summed E-state index contributed by atoms with van der Waals surface area (Å²) in [5.74, 6) is 2.64. The number of hydrogen-bond acceptors (Lipinski definition) is 4. The van der Waals surface area contributed by atoms with Crippen molar-refractivity contribution in [2.24, 2.45) is 5.73 Å². The van der Waals surface area contributed by atoms with Crippen molar-refractivity contribution >= 4 is 17.7 Å². The van der Waals surface area contributed by atoms with Crippen molar-refractivity contribution in [3.63, 3.8) is 0 Å². The van der Waals surface area contributed by atoms with Crippen LogP contribution in [0.2, 0.25) is 0 Å². The van der Waals surface area contributed by atoms with Crippen molar-refractivity contribution < 1.29 is 9.53 Å². The maximum absolute atomic E-state index is 11.0. The Bertz CT molecular complexity index is 176. The van der Waals surface area contributed by atoms with Gasteiger partial charge in [-0.15, -0.1) is 6.42 Å². The first-order valence-electron chi connectivity index (χ1n) is 3.57. The third kappa shape index (κ3) is 5.05. The van der Waals surface area contributed by atoms with Crippen LogP contribution in [0.4, 0.5) is 0 Å². The van der Waals surface area contributed by atoms with Gasteiger partial charge in [0, 0.05) is 0 Å². The Morgan fingerprint density at radius 1 is 1.83 bits per heavy atom. The van der Waals surface area contributed by atoms with Gasteiger partial charge in [0.25, 0.3) is 0 Å². The van der Waals surface area contributed by atoms with Crippen LogP contribution in [0.5, 0.6) is 0 Å². The Morgan fingerprint density at radius 2 is 2.50 bits per heavy atom. The van der Waals surface area contributed by atoms with Crippen molar-refractivity contribution in [1.82, 2.24) is 0 Å². The minimum atomic E-state index is -0.536. The highest BCUT2D eigenvalue weighted by Gasteiger charge is 2.13. The van der Waals surface area contributed by atoms with Crippen molar-refractivity contribution in [2.45, 2.75) is 12.5 Å². The van der Waals surface area contributed by atoms with Crippen LogP contribution in [0.15, 0.2) is 0 Å². The Hall–Kier alpha value is -0.660. The highest BCUT2D eigenvalue weighted by molar-refractivity contribution is 7.98. The van der Waals surface area contributed by atoms with Gasteiger partial charge < -0.3 is 10.5 Å². The SMILES string of the molecule is C#CCOC(=O)C(N)CCSC. The zero-order valence-corrected chi connectivity index (χ0v) is 7.89. The fourth-order valence-corrected chi connectivity index (χ4v) is 1.07. The molecule has 0 rings (SSSR count). The van der Waals surface area contributed by atoms with Gasteiger partial charge in [-0.25, -0.2) is 0 Å². The molecule has 0 saturated carbocycles. The van der Waals surface area contributed by atoms with E-state index in [1.807, 2.05) is 6.26 Å². The van der Waals surface area contributed by atoms with Crippen molar-refractivity contribution in [2.75, 3.05) is 18.6 Å². The second-order valence-electron chi connectivity index (χ2n) is 2.20. The molecule has 68 valence electrons. The number of rotatable bonds is 5. The Labute approximate surface area is 77.0 Å². The lowest BCUT2D eigenvalue weighted by molar-refractivity contribution is -0.143. The topological polar surface area (TPSA) is 52.3 Å². The first-order chi connectivity index (χ1) is 5.72. The summed E-state index contributed by atoms with van der Waals surface area (Å²) >= 11 is 1.64. The van der Waals surface area contributed by atoms with Gasteiger partial charge in [0.05, 0.1) is 0 Å². The molecule has 0 heterocycles. The number of carbonyl (C=O) groups is 1. The molecule has 0 aliphatic carbocycles. The van der Waals surface area contributed by atoms with Crippen LogP contribution in [0.25, 0.3) is 0 Å². The molecule has 0 fully saturated rings. The van der Waals surface area contributed by atoms with E-state index in [4.69, 9.17) is 12.2 Å². The van der Waals surface area contributed by atoms with Gasteiger partial charge in [-0.2, -0.15) is 11.8 Å². The summed E-state index contributed by atoms with van der Waals surface area (Å²) in [7, 11) is 0. The van der Waals surface area contributed by atoms with Crippen LogP contribution >= 0.6 is 11.8 Å². The fourth-order valence-electron chi connectivity index (χ4n) is 0.583. The molecule has 0 saturated heterocycles. The van der Waals surface area contributed by atoms with Crippen molar-refractivity contribution in [3.8, 4) is 12.3 Å². The standard InChI is InChI=1S/C8H13NO2S/c1-3-5-11-8(10)7(9)4-6-12-2/h1,7H,4-6,9H2,2H3. The molecule has 0 bridgehead atoms. The van der Waals surface area contributed by atoms with Crippen LogP contribution in [0, 0.1) is 12.3 Å². The Morgan fingerprint density at radius 3 is 3.00 bits per heavy atom. The third-order valence-electron chi connectivity index (χ3n) is 1.23. The molecule has 2 N–H and O–H groups in total. The highest BCUT2D eigenvalue weighted by atomic mass is 32.2. The van der Waals surface area contributed by atoms with E-state index in [9.17, 15) is 4.79 Å². The molecule has 0 aromatic carbocycles. The number of carbonyl (C=O) groups excluding carboxylic acids is 1. The van der Waals surface area contributed by atoms with Crippen LogP contribution in [-0.2, 0) is 9.53 Å². The number of thioether (sulfide) groups is 1. The summed E-state index contributed by atoms with van der Waals surface area (Å²) in [6.45, 7) is 0.00576. The van der Waals surface area contributed by atoms with E-state index in [2.05, 4.69) is 10.7 Å². The maximum Gasteiger partial charge on any atom is 0.323 e. The molecular formula is C8H13NO2S. The highest BCUT2D eigenvalue weighted by Crippen LogP contribution is 1.99. The quantitative estimate of drug-likeness (QED) is 0.495. The number of nitrogens with two attached hydrogens (primary N) is 1. The number of ether oxygens (including phenoxy) is 1. The summed E-state index contributed by atoms with van der Waals surface area (Å²) < 4.78 is 4.64. The van der Waals surface area contributed by atoms with E-state index >= 15 is 0 Å². The Kier molecular flexibility index (Phi) is 6.63. The summed E-state index contributed by atoms with van der Waals surface area (Å²) in [5.41, 5.74) is 5.49. The van der Waals surface area contributed by atoms with Crippen molar-refractivity contribution in [1.29, 1.82) is 0 Å². The molecule has 3 nitrogen and oxygen atoms in total. The van der Waals surface area contributed by atoms with Gasteiger partial charge in [-0.1, -0.05) is 5.92 Å². The van der Waals surface area contributed by atoms with Gasteiger partial charge in [-0.3, -0.25) is 4.79 Å². The smallest absolute Gasteiger partial charge is 0.323 e. The molecule has 0 aliphatic heterocycles. The minimum absolute atomic E-state index is 0.00576. The zero-order chi connectivity index (χ0) is 9.40. The average Bonchev–Trinajstić information content (AvgIpc) is 2.10. The van der Waals surface area contributed by atoms with Crippen LogP contribution in [-0.4, -0.2) is 30.6 Å². The maximum atomic E-state index is 11.0. The molecular weight excluding hydrogens is 174 g/mol. The molecule has 1 atom stereocenters. The van der Waals surface area contributed by atoms with Gasteiger partial charge >= 0.3 is 5.97 Å². The normalized spacial score (nSPS) is 11.8. The van der Waals surface area contributed by atoms with Gasteiger partial charge in [0.1, 0.15) is 6.04 Å². The van der Waals surface area contributed by atoms with Gasteiger partial charge in [-0.05, 0) is 18.4 Å². The molecule has 12 heavy (non-hydrogen) atoms. The van der Waals surface area contributed by atoms with E-state index in [1.165, 1.54) is 0 Å². The molecule has 0 aliphatic rings. The second-order valence-corrected chi connectivity index (χ2v) is 3.19. The summed E-state index contributed by atoms with van der Waals surface area (Å²) in [6.07, 6.45) is 7.49. The first-order valence-corrected chi connectivity index (χ1v) is 4.96. The third-order valence-corrected chi connectivity index (χ3v) is 1.88. The predicted octanol–water partition coefficient (Wildman–Crippen LogP) is 0.243. The van der Waals surface area contributed by atoms with E-state index in [-0.39, 0.29) is 6.61 Å². The molecule has 0 aromatic rings. The summed E-state index contributed by atoms with van der Waals surface area (Å²) in [4.78, 5) is 11.0. The van der Waals surface area contributed by atoms with Crippen molar-refractivity contribution in [3.05, 3.63) is 0 Å². The van der Waals surface area contributed by atoms with Crippen LogP contribution in [0.3, 0.4) is 0 Å². The molecule has 4 heteroatoms. The van der Waals surface area contributed by atoms with Gasteiger partial charge in [0.2, 0.25) is 0 Å². The van der Waals surface area contributed by atoms with E-state index in [0.29, 0.717) is 6.42 Å². The minimum Gasteiger partial charge on any atom is -0.451 e. The van der Waals surface area contributed by atoms with Gasteiger partial charge in [0.15, 0.2) is 6.61 Å². The van der Waals surface area contributed by atoms with E-state index in [1.54, 1.807) is 11.8 Å². The zero-order valence-electron chi connectivity index (χ0n) is 7.08. The predicted molar refractivity (Wildman–Crippen MR) is 50.8 cm³/mol. The Balaban J connectivity index is 3.55. The number of esters is 1. The molecule has 0 amide bonds. The molecule has 0 radical (unpaired) electrons. The lowest BCUT2D eigenvalue weighted by Crippen LogP contribution is -2.32. The van der Waals surface area contributed by atoms with Crippen LogP contribution < -0.4 is 5.73 Å². The summed E-state index contributed by atoms with van der Waals surface area (Å²) in [5, 5.41) is 0. The lowest BCUT2D eigenvalue weighted by Gasteiger charge is -2.08. The summed E-state index contributed by atoms with van der Waals surface area (Å²) in [6, 6.07) is -0.536. The largest absolute Gasteiger partial charge is 0.451 e. The molecule has 0 spiro atoms. The van der Waals surface area contributed by atoms with E-state index < -0.39 is 12.0 Å². The fraction of sp³-hybridized carbons (Fsp3) is 0.625. The number of hydrogen-bond donors (Lipinski definition) is 1. The molecule has 0 aromatic heterocycles. The number of terminal acetylenes is 1. The second kappa shape index (κ2) is 7.01. The molecule has 1 unspecified atom stereocenters. The first kappa shape index (κ1) is 11.3. The van der Waals surface area contributed by atoms with E-state index in [0.717, 1.165) is 5.75 Å². The lowest BCUT2D eigenvalue weighted by atomic mass is 10.2. The average molecular weight is 187 g/mol. The van der Waals surface area contributed by atoms with Crippen LogP contribution in [0.1, 0.15) is 6.42 Å².